The van der Waals surface area contributed by atoms with Gasteiger partial charge in [0, 0.05) is 56.5 Å². The highest BCUT2D eigenvalue weighted by molar-refractivity contribution is 14.0. The van der Waals surface area contributed by atoms with Crippen molar-refractivity contribution in [1.29, 1.82) is 0 Å². The van der Waals surface area contributed by atoms with Gasteiger partial charge in [-0.05, 0) is 39.0 Å². The third kappa shape index (κ3) is 5.01. The number of thiazole rings is 1. The van der Waals surface area contributed by atoms with Gasteiger partial charge in [0.2, 0.25) is 0 Å². The predicted octanol–water partition coefficient (Wildman–Crippen LogP) is 3.81. The van der Waals surface area contributed by atoms with Crippen LogP contribution in [0.3, 0.4) is 0 Å². The van der Waals surface area contributed by atoms with E-state index in [1.807, 2.05) is 7.05 Å². The molecule has 3 fully saturated rings. The quantitative estimate of drug-likeness (QED) is 0.317. The number of rotatable bonds is 7. The van der Waals surface area contributed by atoms with Crippen molar-refractivity contribution in [3.63, 3.8) is 0 Å². The first kappa shape index (κ1) is 23.1. The lowest BCUT2D eigenvalue weighted by molar-refractivity contribution is -0.125. The Labute approximate surface area is 196 Å². The minimum Gasteiger partial charge on any atom is -0.378 e. The van der Waals surface area contributed by atoms with E-state index in [0.717, 1.165) is 45.0 Å². The molecule has 1 aliphatic heterocycles. The van der Waals surface area contributed by atoms with Crippen molar-refractivity contribution in [3.8, 4) is 0 Å². The van der Waals surface area contributed by atoms with Crippen molar-refractivity contribution in [1.82, 2.24) is 15.6 Å². The minimum absolute atomic E-state index is 0. The summed E-state index contributed by atoms with van der Waals surface area (Å²) in [7, 11) is 1.86. The smallest absolute Gasteiger partial charge is 0.191 e. The summed E-state index contributed by atoms with van der Waals surface area (Å²) in [5, 5.41) is 10.6. The van der Waals surface area contributed by atoms with Crippen LogP contribution < -0.4 is 15.5 Å². The van der Waals surface area contributed by atoms with E-state index in [2.05, 4.69) is 32.8 Å². The zero-order valence-electron chi connectivity index (χ0n) is 17.8. The van der Waals surface area contributed by atoms with Gasteiger partial charge in [0.1, 0.15) is 0 Å². The summed E-state index contributed by atoms with van der Waals surface area (Å²) in [5.74, 6) is 0.918. The third-order valence-electron chi connectivity index (χ3n) is 6.81. The molecule has 6 nitrogen and oxygen atoms in total. The first-order chi connectivity index (χ1) is 13.7. The largest absolute Gasteiger partial charge is 0.378 e. The normalized spacial score (nSPS) is 25.7. The molecule has 2 saturated carbocycles. The van der Waals surface area contributed by atoms with E-state index < -0.39 is 0 Å². The molecule has 3 aliphatic rings. The Morgan fingerprint density at radius 3 is 2.76 bits per heavy atom. The molecular weight excluding hydrogens is 497 g/mol. The SMILES string of the molecule is CCOC1CC(NC(=NC)NCCc2csc(N3CCCC3)n2)C12CCCC2.I. The Kier molecular flexibility index (Phi) is 8.44. The molecule has 1 spiro atoms. The van der Waals surface area contributed by atoms with Crippen molar-refractivity contribution in [2.24, 2.45) is 10.4 Å². The molecule has 2 unspecified atom stereocenters. The minimum atomic E-state index is 0. The average molecular weight is 534 g/mol. The molecule has 0 amide bonds. The summed E-state index contributed by atoms with van der Waals surface area (Å²) in [6.45, 7) is 6.11. The van der Waals surface area contributed by atoms with E-state index in [9.17, 15) is 0 Å². The van der Waals surface area contributed by atoms with Crippen LogP contribution in [0.1, 0.15) is 57.6 Å². The molecule has 1 aromatic rings. The lowest BCUT2D eigenvalue weighted by Gasteiger charge is -2.54. The first-order valence-electron chi connectivity index (χ1n) is 11.0. The van der Waals surface area contributed by atoms with Crippen molar-refractivity contribution in [2.75, 3.05) is 38.2 Å². The Hall–Kier alpha value is -0.610. The maximum atomic E-state index is 6.03. The van der Waals surface area contributed by atoms with Crippen LogP contribution in [-0.2, 0) is 11.2 Å². The fourth-order valence-electron chi connectivity index (χ4n) is 5.22. The second kappa shape index (κ2) is 10.6. The van der Waals surface area contributed by atoms with E-state index in [1.54, 1.807) is 11.3 Å². The van der Waals surface area contributed by atoms with Crippen LogP contribution >= 0.6 is 35.3 Å². The standard InChI is InChI=1S/C21H35N5OS.HI/c1-3-27-18-14-17(21(18)9-4-5-10-21)25-19(22-2)23-11-8-16-15-28-20(24-16)26-12-6-7-13-26;/h15,17-18H,3-14H2,1-2H3,(H2,22,23,25);1H. The molecular formula is C21H36IN5OS. The zero-order valence-corrected chi connectivity index (χ0v) is 20.9. The van der Waals surface area contributed by atoms with Crippen LogP contribution in [0.4, 0.5) is 5.13 Å². The summed E-state index contributed by atoms with van der Waals surface area (Å²) >= 11 is 1.78. The van der Waals surface area contributed by atoms with Gasteiger partial charge in [-0.15, -0.1) is 35.3 Å². The number of nitrogens with one attached hydrogen (secondary N) is 2. The second-order valence-electron chi connectivity index (χ2n) is 8.38. The number of nitrogens with zero attached hydrogens (tertiary/aromatic N) is 3. The first-order valence-corrected chi connectivity index (χ1v) is 11.9. The second-order valence-corrected chi connectivity index (χ2v) is 9.22. The Morgan fingerprint density at radius 2 is 2.07 bits per heavy atom. The summed E-state index contributed by atoms with van der Waals surface area (Å²) in [6, 6.07) is 0.485. The number of anilines is 1. The molecule has 0 bridgehead atoms. The van der Waals surface area contributed by atoms with Gasteiger partial charge in [-0.25, -0.2) is 4.98 Å². The molecule has 8 heteroatoms. The number of hydrogen-bond donors (Lipinski definition) is 2. The fraction of sp³-hybridized carbons (Fsp3) is 0.810. The Bertz CT molecular complexity index is 670. The topological polar surface area (TPSA) is 61.8 Å². The van der Waals surface area contributed by atoms with Crippen LogP contribution in [0.25, 0.3) is 0 Å². The Balaban J connectivity index is 0.00000240. The van der Waals surface area contributed by atoms with Crippen LogP contribution in [0.2, 0.25) is 0 Å². The highest BCUT2D eigenvalue weighted by Gasteiger charge is 2.56. The van der Waals surface area contributed by atoms with E-state index in [1.165, 1.54) is 49.4 Å². The Morgan fingerprint density at radius 1 is 1.31 bits per heavy atom. The van der Waals surface area contributed by atoms with Gasteiger partial charge in [-0.3, -0.25) is 4.99 Å². The number of hydrogen-bond acceptors (Lipinski definition) is 5. The predicted molar refractivity (Wildman–Crippen MR) is 132 cm³/mol. The lowest BCUT2D eigenvalue weighted by atomic mass is 9.60. The number of halogens is 1. The van der Waals surface area contributed by atoms with Crippen LogP contribution in [0.5, 0.6) is 0 Å². The molecule has 4 rings (SSSR count). The molecule has 1 aromatic heterocycles. The maximum absolute atomic E-state index is 6.03. The molecule has 2 atom stereocenters. The van der Waals surface area contributed by atoms with Crippen molar-refractivity contribution >= 4 is 46.4 Å². The van der Waals surface area contributed by atoms with Crippen LogP contribution in [0, 0.1) is 5.41 Å². The van der Waals surface area contributed by atoms with Gasteiger partial charge in [0.15, 0.2) is 11.1 Å². The third-order valence-corrected chi connectivity index (χ3v) is 7.76. The van der Waals surface area contributed by atoms with E-state index >= 15 is 0 Å². The van der Waals surface area contributed by atoms with Gasteiger partial charge in [0.05, 0.1) is 11.8 Å². The lowest BCUT2D eigenvalue weighted by Crippen LogP contribution is -2.65. The van der Waals surface area contributed by atoms with Crippen molar-refractivity contribution in [2.45, 2.75) is 70.4 Å². The number of aliphatic imine (C=N–C) groups is 1. The van der Waals surface area contributed by atoms with E-state index in [-0.39, 0.29) is 24.0 Å². The van der Waals surface area contributed by atoms with Crippen molar-refractivity contribution in [3.05, 3.63) is 11.1 Å². The molecule has 2 aliphatic carbocycles. The summed E-state index contributed by atoms with van der Waals surface area (Å²) < 4.78 is 6.03. The number of ether oxygens (including phenoxy) is 1. The van der Waals surface area contributed by atoms with Crippen molar-refractivity contribution < 1.29 is 4.74 Å². The molecule has 164 valence electrons. The molecule has 2 N–H and O–H groups in total. The number of guanidine groups is 1. The van der Waals surface area contributed by atoms with Crippen LogP contribution in [0.15, 0.2) is 10.4 Å². The highest BCUT2D eigenvalue weighted by atomic mass is 127. The summed E-state index contributed by atoms with van der Waals surface area (Å²) in [5.41, 5.74) is 1.51. The summed E-state index contributed by atoms with van der Waals surface area (Å²) in [4.78, 5) is 11.7. The summed E-state index contributed by atoms with van der Waals surface area (Å²) in [6.07, 6.45) is 10.3. The van der Waals surface area contributed by atoms with Gasteiger partial charge >= 0.3 is 0 Å². The molecule has 1 saturated heterocycles. The average Bonchev–Trinajstić information content (AvgIpc) is 3.47. The number of aromatic nitrogens is 1. The van der Waals surface area contributed by atoms with Gasteiger partial charge in [-0.2, -0.15) is 0 Å². The van der Waals surface area contributed by atoms with Gasteiger partial charge < -0.3 is 20.3 Å². The molecule has 0 aromatic carbocycles. The van der Waals surface area contributed by atoms with Gasteiger partial charge in [0.25, 0.3) is 0 Å². The molecule has 0 radical (unpaired) electrons. The van der Waals surface area contributed by atoms with Crippen LogP contribution in [-0.4, -0.2) is 56.4 Å². The van der Waals surface area contributed by atoms with E-state index in [0.29, 0.717) is 17.6 Å². The maximum Gasteiger partial charge on any atom is 0.191 e. The molecule has 29 heavy (non-hydrogen) atoms. The fourth-order valence-corrected chi connectivity index (χ4v) is 6.14. The monoisotopic (exact) mass is 533 g/mol. The molecule has 2 heterocycles. The van der Waals surface area contributed by atoms with Gasteiger partial charge in [-0.1, -0.05) is 12.8 Å². The highest BCUT2D eigenvalue weighted by Crippen LogP contribution is 2.54. The van der Waals surface area contributed by atoms with E-state index in [4.69, 9.17) is 9.72 Å². The zero-order chi connectivity index (χ0) is 19.4.